The van der Waals surface area contributed by atoms with E-state index in [4.69, 9.17) is 10.5 Å². The van der Waals surface area contributed by atoms with Gasteiger partial charge in [-0.15, -0.1) is 0 Å². The molecule has 1 aliphatic rings. The lowest BCUT2D eigenvalue weighted by molar-refractivity contribution is 0.227. The monoisotopic (exact) mass is 440 g/mol. The molecule has 0 aliphatic carbocycles. The van der Waals surface area contributed by atoms with Crippen LogP contribution in [0.4, 0.5) is 10.2 Å². The van der Waals surface area contributed by atoms with Gasteiger partial charge in [-0.1, -0.05) is 6.07 Å². The number of aryl methyl sites for hydroxylation is 1. The van der Waals surface area contributed by atoms with E-state index in [2.05, 4.69) is 21.1 Å². The molecule has 0 spiro atoms. The Morgan fingerprint density at radius 1 is 1.27 bits per heavy atom. The van der Waals surface area contributed by atoms with Gasteiger partial charge in [0, 0.05) is 47.6 Å². The molecule has 0 amide bonds. The summed E-state index contributed by atoms with van der Waals surface area (Å²) in [6.45, 7) is 4.38. The normalized spacial score (nSPS) is 14.5. The van der Waals surface area contributed by atoms with E-state index in [1.54, 1.807) is 29.2 Å². The number of halogens is 1. The van der Waals surface area contributed by atoms with Gasteiger partial charge in [-0.25, -0.2) is 9.37 Å². The fraction of sp³-hybridized carbons (Fsp3) is 0.200. The number of hydrogen-bond acceptors (Lipinski definition) is 6. The SMILES string of the molecule is CCn1nc(C#N)c2c1-c1cnc(N)c(c1)O[C@H](C)c1cc(F)ccc1-c1ncccc1C2. The predicted octanol–water partition coefficient (Wildman–Crippen LogP) is 4.66. The third kappa shape index (κ3) is 3.48. The number of hydrogen-bond donors (Lipinski definition) is 1. The number of anilines is 1. The van der Waals surface area contributed by atoms with Gasteiger partial charge in [-0.3, -0.25) is 9.67 Å². The number of nitrogen functional groups attached to an aromatic ring is 1. The molecule has 2 N–H and O–H groups in total. The number of ether oxygens (including phenoxy) is 1. The maximum absolute atomic E-state index is 14.3. The molecule has 0 fully saturated rings. The highest BCUT2D eigenvalue weighted by atomic mass is 19.1. The van der Waals surface area contributed by atoms with Crippen LogP contribution in [0.2, 0.25) is 0 Å². The van der Waals surface area contributed by atoms with E-state index in [1.165, 1.54) is 12.1 Å². The van der Waals surface area contributed by atoms with Crippen molar-refractivity contribution in [1.82, 2.24) is 19.7 Å². The lowest BCUT2D eigenvalue weighted by Crippen LogP contribution is -2.10. The van der Waals surface area contributed by atoms with Crippen molar-refractivity contribution in [3.8, 4) is 34.3 Å². The second-order valence-corrected chi connectivity index (χ2v) is 7.89. The Bertz CT molecular complexity index is 1420. The molecule has 0 radical (unpaired) electrons. The Kier molecular flexibility index (Phi) is 5.02. The van der Waals surface area contributed by atoms with E-state index < -0.39 is 6.10 Å². The predicted molar refractivity (Wildman–Crippen MR) is 122 cm³/mol. The second-order valence-electron chi connectivity index (χ2n) is 7.89. The molecule has 1 atom stereocenters. The van der Waals surface area contributed by atoms with E-state index in [0.717, 1.165) is 27.9 Å². The van der Waals surface area contributed by atoms with Gasteiger partial charge in [0.15, 0.2) is 17.3 Å². The molecular formula is C25H21FN6O. The van der Waals surface area contributed by atoms with E-state index in [-0.39, 0.29) is 11.6 Å². The van der Waals surface area contributed by atoms with Gasteiger partial charge in [-0.2, -0.15) is 10.4 Å². The molecule has 0 saturated carbocycles. The summed E-state index contributed by atoms with van der Waals surface area (Å²) >= 11 is 0. The Hall–Kier alpha value is -4.25. The van der Waals surface area contributed by atoms with Crippen molar-refractivity contribution in [2.75, 3.05) is 5.73 Å². The molecule has 2 bridgehead atoms. The number of nitrogens with zero attached hydrogens (tertiary/aromatic N) is 5. The van der Waals surface area contributed by atoms with Gasteiger partial charge in [-0.05, 0) is 49.7 Å². The summed E-state index contributed by atoms with van der Waals surface area (Å²) in [5, 5.41) is 14.4. The van der Waals surface area contributed by atoms with Crippen LogP contribution >= 0.6 is 0 Å². The topological polar surface area (TPSA) is 103 Å². The Morgan fingerprint density at radius 3 is 2.91 bits per heavy atom. The minimum absolute atomic E-state index is 0.226. The lowest BCUT2D eigenvalue weighted by Gasteiger charge is -2.22. The standard InChI is InChI=1S/C25H21FN6O/c1-3-32-24-16-10-22(25(28)30-13-16)33-14(2)19-11-17(26)6-7-18(19)23-15(5-4-8-29-23)9-20(24)21(12-27)31-32/h4-8,10-11,13-14H,3,9H2,1-2H3,(H2,28,30)/t14-/m1/s1. The van der Waals surface area contributed by atoms with Gasteiger partial charge < -0.3 is 10.5 Å². The van der Waals surface area contributed by atoms with Crippen LogP contribution in [0.15, 0.2) is 48.8 Å². The average Bonchev–Trinajstić information content (AvgIpc) is 3.17. The van der Waals surface area contributed by atoms with Gasteiger partial charge in [0.25, 0.3) is 0 Å². The number of pyridine rings is 2. The first-order valence-electron chi connectivity index (χ1n) is 10.7. The maximum atomic E-state index is 14.3. The molecule has 7 nitrogen and oxygen atoms in total. The summed E-state index contributed by atoms with van der Waals surface area (Å²) in [6.07, 6.45) is 3.27. The average molecular weight is 440 g/mol. The molecule has 1 aromatic carbocycles. The second kappa shape index (κ2) is 8.02. The van der Waals surface area contributed by atoms with Gasteiger partial charge >= 0.3 is 0 Å². The summed E-state index contributed by atoms with van der Waals surface area (Å²) < 4.78 is 22.3. The molecule has 164 valence electrons. The highest BCUT2D eigenvalue weighted by Gasteiger charge is 2.25. The van der Waals surface area contributed by atoms with Crippen molar-refractivity contribution >= 4 is 5.82 Å². The zero-order chi connectivity index (χ0) is 23.1. The van der Waals surface area contributed by atoms with Crippen molar-refractivity contribution in [3.63, 3.8) is 0 Å². The molecule has 5 rings (SSSR count). The summed E-state index contributed by atoms with van der Waals surface area (Å²) in [5.41, 5.74) is 11.8. The van der Waals surface area contributed by atoms with Crippen LogP contribution in [0.25, 0.3) is 22.5 Å². The molecule has 1 aliphatic heterocycles. The summed E-state index contributed by atoms with van der Waals surface area (Å²) in [7, 11) is 0. The third-order valence-corrected chi connectivity index (χ3v) is 5.88. The fourth-order valence-electron chi connectivity index (χ4n) is 4.34. The van der Waals surface area contributed by atoms with Crippen molar-refractivity contribution in [2.24, 2.45) is 0 Å². The minimum Gasteiger partial charge on any atom is -0.482 e. The first kappa shape index (κ1) is 20.6. The van der Waals surface area contributed by atoms with Crippen molar-refractivity contribution in [2.45, 2.75) is 32.9 Å². The molecule has 4 heterocycles. The van der Waals surface area contributed by atoms with Crippen LogP contribution in [0.3, 0.4) is 0 Å². The van der Waals surface area contributed by atoms with Crippen LogP contribution in [-0.4, -0.2) is 19.7 Å². The number of aromatic nitrogens is 4. The fourth-order valence-corrected chi connectivity index (χ4v) is 4.34. The van der Waals surface area contributed by atoms with E-state index in [9.17, 15) is 9.65 Å². The van der Waals surface area contributed by atoms with Gasteiger partial charge in [0.1, 0.15) is 18.0 Å². The lowest BCUT2D eigenvalue weighted by atomic mass is 9.92. The van der Waals surface area contributed by atoms with Crippen molar-refractivity contribution in [1.29, 1.82) is 5.26 Å². The number of nitrogens with two attached hydrogens (primary N) is 1. The Labute approximate surface area is 190 Å². The molecule has 3 aromatic heterocycles. The van der Waals surface area contributed by atoms with Crippen LogP contribution in [0, 0.1) is 17.1 Å². The summed E-state index contributed by atoms with van der Waals surface area (Å²) in [6, 6.07) is 12.4. The molecule has 0 unspecified atom stereocenters. The molecular weight excluding hydrogens is 419 g/mol. The Morgan fingerprint density at radius 2 is 2.12 bits per heavy atom. The van der Waals surface area contributed by atoms with Crippen LogP contribution in [-0.2, 0) is 13.0 Å². The van der Waals surface area contributed by atoms with Gasteiger partial charge in [0.2, 0.25) is 0 Å². The number of nitriles is 1. The zero-order valence-corrected chi connectivity index (χ0v) is 18.2. The molecule has 0 saturated heterocycles. The van der Waals surface area contributed by atoms with Crippen LogP contribution in [0.5, 0.6) is 5.75 Å². The van der Waals surface area contributed by atoms with E-state index in [0.29, 0.717) is 35.7 Å². The molecule has 33 heavy (non-hydrogen) atoms. The van der Waals surface area contributed by atoms with Crippen LogP contribution < -0.4 is 10.5 Å². The first-order valence-corrected chi connectivity index (χ1v) is 10.7. The summed E-state index contributed by atoms with van der Waals surface area (Å²) in [5.74, 6) is 0.237. The largest absolute Gasteiger partial charge is 0.482 e. The maximum Gasteiger partial charge on any atom is 0.166 e. The van der Waals surface area contributed by atoms with Crippen molar-refractivity contribution in [3.05, 3.63) is 77.0 Å². The summed E-state index contributed by atoms with van der Waals surface area (Å²) in [4.78, 5) is 8.96. The highest BCUT2D eigenvalue weighted by Crippen LogP contribution is 2.38. The minimum atomic E-state index is -0.519. The van der Waals surface area contributed by atoms with Crippen LogP contribution in [0.1, 0.15) is 42.3 Å². The number of fused-ring (bicyclic) bond motifs is 7. The highest BCUT2D eigenvalue weighted by molar-refractivity contribution is 5.73. The first-order chi connectivity index (χ1) is 16.0. The Balaban J connectivity index is 1.86. The quantitative estimate of drug-likeness (QED) is 0.462. The van der Waals surface area contributed by atoms with Gasteiger partial charge in [0.05, 0.1) is 11.4 Å². The van der Waals surface area contributed by atoms with Crippen molar-refractivity contribution < 1.29 is 9.13 Å². The molecule has 8 heteroatoms. The van der Waals surface area contributed by atoms with E-state index in [1.807, 2.05) is 26.0 Å². The third-order valence-electron chi connectivity index (χ3n) is 5.88. The molecule has 4 aromatic rings. The zero-order valence-electron chi connectivity index (χ0n) is 18.2. The number of benzene rings is 1. The number of rotatable bonds is 1. The van der Waals surface area contributed by atoms with E-state index >= 15 is 0 Å². The smallest absolute Gasteiger partial charge is 0.166 e.